The van der Waals surface area contributed by atoms with Crippen molar-refractivity contribution in [3.8, 4) is 0 Å². The maximum absolute atomic E-state index is 12.9. The summed E-state index contributed by atoms with van der Waals surface area (Å²) in [6, 6.07) is 21.6. The van der Waals surface area contributed by atoms with Gasteiger partial charge in [-0.25, -0.2) is 18.4 Å². The molecule has 8 heteroatoms. The first-order valence-corrected chi connectivity index (χ1v) is 11.6. The SMILES string of the molecule is CCc1ccc(Nc2nc3ccccc3nc2NS(=O)(=O)c2ccc(Br)cc2)cc1. The van der Waals surface area contributed by atoms with E-state index in [0.29, 0.717) is 16.9 Å². The maximum atomic E-state index is 12.9. The van der Waals surface area contributed by atoms with E-state index in [1.807, 2.05) is 42.5 Å². The highest BCUT2D eigenvalue weighted by Gasteiger charge is 2.19. The third-order valence-corrected chi connectivity index (χ3v) is 6.43. The average Bonchev–Trinajstić information content (AvgIpc) is 2.75. The maximum Gasteiger partial charge on any atom is 0.263 e. The summed E-state index contributed by atoms with van der Waals surface area (Å²) in [7, 11) is -3.84. The molecule has 0 aliphatic carbocycles. The Morgan fingerprint density at radius 3 is 2.03 bits per heavy atom. The van der Waals surface area contributed by atoms with Crippen molar-refractivity contribution in [2.24, 2.45) is 0 Å². The standard InChI is InChI=1S/C22H19BrN4O2S/c1-2-15-7-11-17(12-8-15)24-21-22(26-20-6-4-3-5-19(20)25-21)27-30(28,29)18-13-9-16(23)10-14-18/h3-14H,2H2,1H3,(H,24,25)(H,26,27). The van der Waals surface area contributed by atoms with E-state index in [2.05, 4.69) is 42.9 Å². The summed E-state index contributed by atoms with van der Waals surface area (Å²) in [4.78, 5) is 9.24. The van der Waals surface area contributed by atoms with Crippen molar-refractivity contribution in [1.29, 1.82) is 0 Å². The number of sulfonamides is 1. The van der Waals surface area contributed by atoms with Gasteiger partial charge in [0.2, 0.25) is 0 Å². The summed E-state index contributed by atoms with van der Waals surface area (Å²) in [5.41, 5.74) is 3.26. The van der Waals surface area contributed by atoms with E-state index in [1.165, 1.54) is 17.7 Å². The van der Waals surface area contributed by atoms with Crippen LogP contribution in [0.2, 0.25) is 0 Å². The highest BCUT2D eigenvalue weighted by molar-refractivity contribution is 9.10. The van der Waals surface area contributed by atoms with Crippen LogP contribution in [0.15, 0.2) is 82.2 Å². The molecule has 0 atom stereocenters. The number of rotatable bonds is 6. The van der Waals surface area contributed by atoms with Gasteiger partial charge in [-0.15, -0.1) is 0 Å². The van der Waals surface area contributed by atoms with Gasteiger partial charge in [0.1, 0.15) is 0 Å². The molecular formula is C22H19BrN4O2S. The third-order valence-electron chi connectivity index (χ3n) is 4.55. The number of nitrogens with one attached hydrogen (secondary N) is 2. The smallest absolute Gasteiger partial charge is 0.263 e. The lowest BCUT2D eigenvalue weighted by molar-refractivity contribution is 0.601. The number of hydrogen-bond donors (Lipinski definition) is 2. The van der Waals surface area contributed by atoms with Gasteiger partial charge in [0, 0.05) is 10.2 Å². The van der Waals surface area contributed by atoms with Gasteiger partial charge in [-0.2, -0.15) is 0 Å². The van der Waals surface area contributed by atoms with Crippen LogP contribution in [-0.2, 0) is 16.4 Å². The van der Waals surface area contributed by atoms with Gasteiger partial charge in [0.15, 0.2) is 11.6 Å². The fraction of sp³-hybridized carbons (Fsp3) is 0.0909. The molecule has 0 amide bonds. The topological polar surface area (TPSA) is 84.0 Å². The molecule has 3 aromatic carbocycles. The first kappa shape index (κ1) is 20.3. The van der Waals surface area contributed by atoms with Crippen molar-refractivity contribution in [2.75, 3.05) is 10.0 Å². The molecule has 152 valence electrons. The summed E-state index contributed by atoms with van der Waals surface area (Å²) in [5, 5.41) is 3.19. The molecule has 0 spiro atoms. The molecular weight excluding hydrogens is 464 g/mol. The second-order valence-corrected chi connectivity index (χ2v) is 9.24. The molecule has 2 N–H and O–H groups in total. The normalized spacial score (nSPS) is 11.4. The van der Waals surface area contributed by atoms with E-state index < -0.39 is 10.0 Å². The summed E-state index contributed by atoms with van der Waals surface area (Å²) in [6.07, 6.45) is 0.939. The van der Waals surface area contributed by atoms with Gasteiger partial charge >= 0.3 is 0 Å². The minimum absolute atomic E-state index is 0.135. The fourth-order valence-corrected chi connectivity index (χ4v) is 4.19. The molecule has 0 saturated heterocycles. The molecule has 1 aromatic heterocycles. The first-order chi connectivity index (χ1) is 14.4. The van der Waals surface area contributed by atoms with E-state index in [1.54, 1.807) is 18.2 Å². The lowest BCUT2D eigenvalue weighted by Gasteiger charge is -2.14. The molecule has 0 aliphatic rings. The predicted molar refractivity (Wildman–Crippen MR) is 124 cm³/mol. The largest absolute Gasteiger partial charge is 0.337 e. The van der Waals surface area contributed by atoms with E-state index >= 15 is 0 Å². The zero-order valence-corrected chi connectivity index (χ0v) is 18.5. The van der Waals surface area contributed by atoms with Crippen LogP contribution >= 0.6 is 15.9 Å². The zero-order chi connectivity index (χ0) is 21.1. The van der Waals surface area contributed by atoms with Gasteiger partial charge in [-0.1, -0.05) is 47.1 Å². The van der Waals surface area contributed by atoms with Gasteiger partial charge in [0.25, 0.3) is 10.0 Å². The van der Waals surface area contributed by atoms with Crippen LogP contribution in [0, 0.1) is 0 Å². The molecule has 4 aromatic rings. The number of anilines is 3. The minimum Gasteiger partial charge on any atom is -0.337 e. The van der Waals surface area contributed by atoms with Crippen molar-refractivity contribution in [3.63, 3.8) is 0 Å². The van der Waals surface area contributed by atoms with Gasteiger partial charge < -0.3 is 5.32 Å². The number of nitrogens with zero attached hydrogens (tertiary/aromatic N) is 2. The number of aryl methyl sites for hydroxylation is 1. The van der Waals surface area contributed by atoms with Crippen LogP contribution in [0.1, 0.15) is 12.5 Å². The molecule has 0 fully saturated rings. The Morgan fingerprint density at radius 2 is 1.43 bits per heavy atom. The number of fused-ring (bicyclic) bond motifs is 1. The average molecular weight is 483 g/mol. The zero-order valence-electron chi connectivity index (χ0n) is 16.1. The molecule has 6 nitrogen and oxygen atoms in total. The summed E-state index contributed by atoms with van der Waals surface area (Å²) in [5.74, 6) is 0.467. The van der Waals surface area contributed by atoms with Crippen LogP contribution in [-0.4, -0.2) is 18.4 Å². The number of aromatic nitrogens is 2. The minimum atomic E-state index is -3.84. The number of hydrogen-bond acceptors (Lipinski definition) is 5. The van der Waals surface area contributed by atoms with Crippen LogP contribution in [0.4, 0.5) is 17.3 Å². The highest BCUT2D eigenvalue weighted by atomic mass is 79.9. The summed E-state index contributed by atoms with van der Waals surface area (Å²) < 4.78 is 29.2. The lowest BCUT2D eigenvalue weighted by Crippen LogP contribution is -2.16. The molecule has 0 bridgehead atoms. The van der Waals surface area contributed by atoms with Crippen LogP contribution in [0.3, 0.4) is 0 Å². The van der Waals surface area contributed by atoms with Crippen LogP contribution in [0.25, 0.3) is 11.0 Å². The number of halogens is 1. The fourth-order valence-electron chi connectivity index (χ4n) is 2.92. The number of para-hydroxylation sites is 2. The van der Waals surface area contributed by atoms with Crippen LogP contribution < -0.4 is 10.0 Å². The Bertz CT molecular complexity index is 1290. The van der Waals surface area contributed by atoms with Crippen molar-refractivity contribution < 1.29 is 8.42 Å². The third kappa shape index (κ3) is 4.44. The molecule has 0 saturated carbocycles. The van der Waals surface area contributed by atoms with Crippen molar-refractivity contribution in [3.05, 3.63) is 82.8 Å². The Hall–Kier alpha value is -2.97. The van der Waals surface area contributed by atoms with Crippen molar-refractivity contribution in [2.45, 2.75) is 18.2 Å². The highest BCUT2D eigenvalue weighted by Crippen LogP contribution is 2.27. The van der Waals surface area contributed by atoms with Gasteiger partial charge in [-0.05, 0) is 60.5 Å². The quantitative estimate of drug-likeness (QED) is 0.379. The first-order valence-electron chi connectivity index (χ1n) is 9.36. The van der Waals surface area contributed by atoms with Gasteiger partial charge in [-0.3, -0.25) is 4.72 Å². The van der Waals surface area contributed by atoms with Crippen molar-refractivity contribution in [1.82, 2.24) is 9.97 Å². The van der Waals surface area contributed by atoms with E-state index in [0.717, 1.165) is 16.6 Å². The summed E-state index contributed by atoms with van der Waals surface area (Å²) in [6.45, 7) is 2.09. The lowest BCUT2D eigenvalue weighted by atomic mass is 10.1. The molecule has 1 heterocycles. The monoisotopic (exact) mass is 482 g/mol. The Balaban J connectivity index is 1.74. The van der Waals surface area contributed by atoms with Gasteiger partial charge in [0.05, 0.1) is 15.9 Å². The second kappa shape index (κ2) is 8.41. The summed E-state index contributed by atoms with van der Waals surface area (Å²) >= 11 is 3.32. The molecule has 0 aliphatic heterocycles. The number of benzene rings is 3. The molecule has 4 rings (SSSR count). The molecule has 0 radical (unpaired) electrons. The van der Waals surface area contributed by atoms with E-state index in [9.17, 15) is 8.42 Å². The molecule has 30 heavy (non-hydrogen) atoms. The molecule has 0 unspecified atom stereocenters. The van der Waals surface area contributed by atoms with E-state index in [4.69, 9.17) is 0 Å². The Kier molecular flexibility index (Phi) is 5.69. The van der Waals surface area contributed by atoms with Crippen LogP contribution in [0.5, 0.6) is 0 Å². The predicted octanol–water partition coefficient (Wildman–Crippen LogP) is 5.50. The van der Waals surface area contributed by atoms with Crippen molar-refractivity contribution >= 4 is 54.3 Å². The van der Waals surface area contributed by atoms with E-state index in [-0.39, 0.29) is 10.7 Å². The Labute approximate surface area is 183 Å². The second-order valence-electron chi connectivity index (χ2n) is 6.64. The Morgan fingerprint density at radius 1 is 0.833 bits per heavy atom.